The standard InChI is InChI=1S/C14H13BrN2OS/c1-8-3-6-12(9(2)16-8)17-14(18)11-5-4-10(15)7-13(11)19/h3-7,19H,1-2H3,(H,17,18). The molecule has 0 atom stereocenters. The van der Waals surface area contributed by atoms with E-state index in [-0.39, 0.29) is 5.91 Å². The number of amides is 1. The average molecular weight is 337 g/mol. The van der Waals surface area contributed by atoms with Crippen LogP contribution in [0.1, 0.15) is 21.7 Å². The number of hydrogen-bond donors (Lipinski definition) is 2. The summed E-state index contributed by atoms with van der Waals surface area (Å²) in [5, 5.41) is 2.85. The summed E-state index contributed by atoms with van der Waals surface area (Å²) in [7, 11) is 0. The van der Waals surface area contributed by atoms with Crippen molar-refractivity contribution in [3.05, 3.63) is 51.8 Å². The van der Waals surface area contributed by atoms with Gasteiger partial charge >= 0.3 is 0 Å². The third kappa shape index (κ3) is 3.36. The van der Waals surface area contributed by atoms with E-state index in [1.165, 1.54) is 0 Å². The molecule has 98 valence electrons. The Morgan fingerprint density at radius 1 is 1.26 bits per heavy atom. The fourth-order valence-electron chi connectivity index (χ4n) is 1.71. The van der Waals surface area contributed by atoms with Crippen molar-refractivity contribution in [3.8, 4) is 0 Å². The van der Waals surface area contributed by atoms with E-state index in [1.807, 2.05) is 32.0 Å². The number of rotatable bonds is 2. The summed E-state index contributed by atoms with van der Waals surface area (Å²) in [5.41, 5.74) is 2.97. The molecule has 0 aliphatic carbocycles. The Morgan fingerprint density at radius 3 is 2.63 bits per heavy atom. The molecule has 0 aliphatic heterocycles. The molecule has 0 aliphatic rings. The molecule has 0 fully saturated rings. The molecule has 5 heteroatoms. The topological polar surface area (TPSA) is 42.0 Å². The van der Waals surface area contributed by atoms with E-state index in [9.17, 15) is 4.79 Å². The highest BCUT2D eigenvalue weighted by atomic mass is 79.9. The van der Waals surface area contributed by atoms with Gasteiger partial charge in [0.1, 0.15) is 0 Å². The zero-order chi connectivity index (χ0) is 14.0. The highest BCUT2D eigenvalue weighted by Crippen LogP contribution is 2.21. The molecule has 19 heavy (non-hydrogen) atoms. The van der Waals surface area contributed by atoms with E-state index in [0.717, 1.165) is 15.9 Å². The highest BCUT2D eigenvalue weighted by molar-refractivity contribution is 9.10. The third-order valence-electron chi connectivity index (χ3n) is 2.68. The molecular formula is C14H13BrN2OS. The van der Waals surface area contributed by atoms with Crippen molar-refractivity contribution in [2.75, 3.05) is 5.32 Å². The normalized spacial score (nSPS) is 10.3. The fourth-order valence-corrected chi connectivity index (χ4v) is 2.56. The lowest BCUT2D eigenvalue weighted by atomic mass is 10.2. The fraction of sp³-hybridized carbons (Fsp3) is 0.143. The Kier molecular flexibility index (Phi) is 4.27. The van der Waals surface area contributed by atoms with Crippen molar-refractivity contribution in [2.45, 2.75) is 18.7 Å². The van der Waals surface area contributed by atoms with E-state index in [0.29, 0.717) is 16.1 Å². The summed E-state index contributed by atoms with van der Waals surface area (Å²) in [4.78, 5) is 17.1. The Hall–Kier alpha value is -1.33. The van der Waals surface area contributed by atoms with Gasteiger partial charge in [0.25, 0.3) is 5.91 Å². The van der Waals surface area contributed by atoms with Gasteiger partial charge < -0.3 is 5.32 Å². The Balaban J connectivity index is 2.25. The van der Waals surface area contributed by atoms with Crippen molar-refractivity contribution < 1.29 is 4.79 Å². The lowest BCUT2D eigenvalue weighted by molar-refractivity contribution is 0.102. The second-order valence-corrected chi connectivity index (χ2v) is 5.60. The van der Waals surface area contributed by atoms with Crippen molar-refractivity contribution in [1.82, 2.24) is 4.98 Å². The molecule has 0 bridgehead atoms. The number of carbonyl (C=O) groups is 1. The molecule has 0 saturated heterocycles. The molecule has 1 heterocycles. The van der Waals surface area contributed by atoms with Gasteiger partial charge in [-0.15, -0.1) is 12.6 Å². The molecular weight excluding hydrogens is 324 g/mol. The molecule has 0 saturated carbocycles. The number of pyridine rings is 1. The molecule has 1 N–H and O–H groups in total. The number of aromatic nitrogens is 1. The summed E-state index contributed by atoms with van der Waals surface area (Å²) in [6.45, 7) is 3.78. The van der Waals surface area contributed by atoms with Crippen molar-refractivity contribution in [1.29, 1.82) is 0 Å². The van der Waals surface area contributed by atoms with Gasteiger partial charge in [-0.05, 0) is 44.2 Å². The second-order valence-electron chi connectivity index (χ2n) is 4.20. The Morgan fingerprint density at radius 2 is 2.00 bits per heavy atom. The predicted octanol–water partition coefficient (Wildman–Crippen LogP) is 4.00. The van der Waals surface area contributed by atoms with Crippen molar-refractivity contribution >= 4 is 40.2 Å². The summed E-state index contributed by atoms with van der Waals surface area (Å²) in [6.07, 6.45) is 0. The van der Waals surface area contributed by atoms with Crippen molar-refractivity contribution in [2.24, 2.45) is 0 Å². The smallest absolute Gasteiger partial charge is 0.256 e. The first-order chi connectivity index (χ1) is 8.97. The molecule has 2 rings (SSSR count). The Labute approximate surface area is 126 Å². The summed E-state index contributed by atoms with van der Waals surface area (Å²) in [6, 6.07) is 9.06. The molecule has 0 unspecified atom stereocenters. The largest absolute Gasteiger partial charge is 0.320 e. The molecule has 1 aromatic carbocycles. The van der Waals surface area contributed by atoms with Crippen LogP contribution in [0.3, 0.4) is 0 Å². The van der Waals surface area contributed by atoms with Gasteiger partial charge in [0.2, 0.25) is 0 Å². The van der Waals surface area contributed by atoms with Gasteiger partial charge in [-0.25, -0.2) is 0 Å². The zero-order valence-electron chi connectivity index (χ0n) is 10.6. The van der Waals surface area contributed by atoms with Crippen LogP contribution in [0, 0.1) is 13.8 Å². The van der Waals surface area contributed by atoms with Crippen LogP contribution in [-0.4, -0.2) is 10.9 Å². The number of nitrogens with zero attached hydrogens (tertiary/aromatic N) is 1. The average Bonchev–Trinajstić information content (AvgIpc) is 2.32. The summed E-state index contributed by atoms with van der Waals surface area (Å²) >= 11 is 7.65. The molecule has 2 aromatic rings. The number of hydrogen-bond acceptors (Lipinski definition) is 3. The number of halogens is 1. The number of aryl methyl sites for hydroxylation is 2. The molecule has 1 aromatic heterocycles. The SMILES string of the molecule is Cc1ccc(NC(=O)c2ccc(Br)cc2S)c(C)n1. The minimum absolute atomic E-state index is 0.189. The lowest BCUT2D eigenvalue weighted by Crippen LogP contribution is -2.14. The van der Waals surface area contributed by atoms with Crippen LogP contribution in [-0.2, 0) is 0 Å². The van der Waals surface area contributed by atoms with E-state index in [4.69, 9.17) is 0 Å². The molecule has 0 radical (unpaired) electrons. The minimum Gasteiger partial charge on any atom is -0.320 e. The molecule has 3 nitrogen and oxygen atoms in total. The maximum Gasteiger partial charge on any atom is 0.256 e. The molecule has 0 spiro atoms. The van der Waals surface area contributed by atoms with Crippen LogP contribution in [0.2, 0.25) is 0 Å². The number of thiol groups is 1. The lowest BCUT2D eigenvalue weighted by Gasteiger charge is -2.10. The maximum absolute atomic E-state index is 12.2. The van der Waals surface area contributed by atoms with Gasteiger partial charge in [-0.2, -0.15) is 0 Å². The van der Waals surface area contributed by atoms with Gasteiger partial charge in [0, 0.05) is 15.1 Å². The second kappa shape index (κ2) is 5.75. The minimum atomic E-state index is -0.189. The first-order valence-corrected chi connectivity index (χ1v) is 6.95. The zero-order valence-corrected chi connectivity index (χ0v) is 13.0. The van der Waals surface area contributed by atoms with E-state index < -0.39 is 0 Å². The number of benzene rings is 1. The van der Waals surface area contributed by atoms with Gasteiger partial charge in [0.15, 0.2) is 0 Å². The van der Waals surface area contributed by atoms with Crippen LogP contribution in [0.15, 0.2) is 39.7 Å². The highest BCUT2D eigenvalue weighted by Gasteiger charge is 2.11. The first kappa shape index (κ1) is 14.1. The van der Waals surface area contributed by atoms with Crippen LogP contribution in [0.25, 0.3) is 0 Å². The number of nitrogens with one attached hydrogen (secondary N) is 1. The van der Waals surface area contributed by atoms with Gasteiger partial charge in [-0.1, -0.05) is 15.9 Å². The molecule has 1 amide bonds. The number of anilines is 1. The number of carbonyl (C=O) groups excluding carboxylic acids is 1. The van der Waals surface area contributed by atoms with E-state index in [2.05, 4.69) is 38.9 Å². The van der Waals surface area contributed by atoms with Gasteiger partial charge in [0.05, 0.1) is 16.9 Å². The third-order valence-corrected chi connectivity index (χ3v) is 3.54. The van der Waals surface area contributed by atoms with Crippen molar-refractivity contribution in [3.63, 3.8) is 0 Å². The predicted molar refractivity (Wildman–Crippen MR) is 83.1 cm³/mol. The van der Waals surface area contributed by atoms with Gasteiger partial charge in [-0.3, -0.25) is 9.78 Å². The summed E-state index contributed by atoms with van der Waals surface area (Å²) < 4.78 is 0.891. The van der Waals surface area contributed by atoms with Crippen LogP contribution in [0.4, 0.5) is 5.69 Å². The van der Waals surface area contributed by atoms with E-state index in [1.54, 1.807) is 12.1 Å². The monoisotopic (exact) mass is 336 g/mol. The Bertz CT molecular complexity index is 643. The quantitative estimate of drug-likeness (QED) is 0.814. The maximum atomic E-state index is 12.2. The summed E-state index contributed by atoms with van der Waals surface area (Å²) in [5.74, 6) is -0.189. The van der Waals surface area contributed by atoms with Crippen LogP contribution >= 0.6 is 28.6 Å². The first-order valence-electron chi connectivity index (χ1n) is 5.71. The van der Waals surface area contributed by atoms with Crippen LogP contribution < -0.4 is 5.32 Å². The van der Waals surface area contributed by atoms with Crippen LogP contribution in [0.5, 0.6) is 0 Å². The van der Waals surface area contributed by atoms with E-state index >= 15 is 0 Å².